The minimum Gasteiger partial charge on any atom is -0.208 e. The molecular weight excluding hydrogens is 657 g/mol. The van der Waals surface area contributed by atoms with Crippen molar-refractivity contribution in [2.24, 2.45) is 0 Å². The van der Waals surface area contributed by atoms with Crippen LogP contribution in [0, 0.1) is 11.3 Å². The fraction of sp³-hybridized carbons (Fsp3) is 0. The molecular formula is C50H32N4. The second-order valence-corrected chi connectivity index (χ2v) is 13.2. The van der Waals surface area contributed by atoms with Gasteiger partial charge in [0.15, 0.2) is 17.5 Å². The summed E-state index contributed by atoms with van der Waals surface area (Å²) in [5.74, 6) is 1.76. The Kier molecular flexibility index (Phi) is 8.57. The summed E-state index contributed by atoms with van der Waals surface area (Å²) in [6.07, 6.45) is 0. The molecule has 0 amide bonds. The van der Waals surface area contributed by atoms with Crippen molar-refractivity contribution in [3.8, 4) is 84.7 Å². The lowest BCUT2D eigenvalue weighted by Gasteiger charge is -2.14. The number of benzene rings is 8. The normalized spacial score (nSPS) is 10.9. The maximum absolute atomic E-state index is 9.34. The summed E-state index contributed by atoms with van der Waals surface area (Å²) in [7, 11) is 0. The molecule has 252 valence electrons. The molecule has 9 aromatic rings. The average molecular weight is 689 g/mol. The zero-order valence-corrected chi connectivity index (χ0v) is 29.3. The molecule has 8 aromatic carbocycles. The summed E-state index contributed by atoms with van der Waals surface area (Å²) >= 11 is 0. The highest BCUT2D eigenvalue weighted by molar-refractivity contribution is 5.88. The average Bonchev–Trinajstić information content (AvgIpc) is 3.26. The summed E-state index contributed by atoms with van der Waals surface area (Å²) in [4.78, 5) is 15.5. The van der Waals surface area contributed by atoms with Crippen LogP contribution in [0.2, 0.25) is 0 Å². The third-order valence-electron chi connectivity index (χ3n) is 9.78. The summed E-state index contributed by atoms with van der Waals surface area (Å²) in [6, 6.07) is 68.8. The van der Waals surface area contributed by atoms with Crippen molar-refractivity contribution in [3.05, 3.63) is 200 Å². The van der Waals surface area contributed by atoms with Crippen molar-refractivity contribution in [1.29, 1.82) is 5.26 Å². The number of fused-ring (bicyclic) bond motifs is 1. The smallest absolute Gasteiger partial charge is 0.164 e. The molecule has 0 atom stereocenters. The molecule has 9 rings (SSSR count). The van der Waals surface area contributed by atoms with Crippen LogP contribution in [-0.4, -0.2) is 15.0 Å². The van der Waals surface area contributed by atoms with Gasteiger partial charge >= 0.3 is 0 Å². The first kappa shape index (κ1) is 32.4. The molecule has 0 saturated heterocycles. The summed E-state index contributed by atoms with van der Waals surface area (Å²) in [6.45, 7) is 0. The van der Waals surface area contributed by atoms with Crippen LogP contribution in [0.5, 0.6) is 0 Å². The van der Waals surface area contributed by atoms with E-state index in [9.17, 15) is 5.26 Å². The lowest BCUT2D eigenvalue weighted by Crippen LogP contribution is -2.01. The van der Waals surface area contributed by atoms with E-state index in [2.05, 4.69) is 152 Å². The second-order valence-electron chi connectivity index (χ2n) is 13.2. The van der Waals surface area contributed by atoms with Crippen LogP contribution in [0.4, 0.5) is 0 Å². The van der Waals surface area contributed by atoms with E-state index in [0.717, 1.165) is 61.2 Å². The minimum atomic E-state index is 0.577. The molecule has 0 saturated carbocycles. The molecule has 0 radical (unpaired) electrons. The molecule has 1 heterocycles. The van der Waals surface area contributed by atoms with Crippen molar-refractivity contribution in [2.75, 3.05) is 0 Å². The molecule has 0 bridgehead atoms. The van der Waals surface area contributed by atoms with Crippen molar-refractivity contribution in [3.63, 3.8) is 0 Å². The SMILES string of the molecule is N#Cc1ccc(-c2cccc(-c3nc(-c4ccc(-c5ccc6ccccc6c5)cc4)nc(-c4cc(-c5ccccc5)ccc4-c4ccccc4)n3)c2)cc1. The predicted molar refractivity (Wildman–Crippen MR) is 220 cm³/mol. The van der Waals surface area contributed by atoms with E-state index in [4.69, 9.17) is 15.0 Å². The van der Waals surface area contributed by atoms with E-state index in [1.807, 2.05) is 48.5 Å². The fourth-order valence-electron chi connectivity index (χ4n) is 6.92. The first-order valence-corrected chi connectivity index (χ1v) is 17.9. The number of nitrogens with zero attached hydrogens (tertiary/aromatic N) is 4. The molecule has 0 aliphatic rings. The standard InChI is InChI=1S/C50H32N4/c51-33-34-18-20-37(21-19-34)42-16-9-17-45(31-42)49-52-48(40-25-22-38(23-26-40)43-27-24-36-12-7-8-15-41(36)30-43)53-50(54-49)47-32-44(35-10-3-1-4-11-35)28-29-46(47)39-13-5-2-6-14-39/h1-32H. The second kappa shape index (κ2) is 14.3. The molecule has 0 aliphatic carbocycles. The molecule has 0 N–H and O–H groups in total. The van der Waals surface area contributed by atoms with Crippen LogP contribution in [0.1, 0.15) is 5.56 Å². The Morgan fingerprint density at radius 1 is 0.296 bits per heavy atom. The van der Waals surface area contributed by atoms with Gasteiger partial charge in [-0.05, 0) is 85.6 Å². The molecule has 0 spiro atoms. The van der Waals surface area contributed by atoms with Gasteiger partial charge in [0.1, 0.15) is 0 Å². The van der Waals surface area contributed by atoms with Crippen LogP contribution < -0.4 is 0 Å². The fourth-order valence-corrected chi connectivity index (χ4v) is 6.92. The van der Waals surface area contributed by atoms with Crippen LogP contribution in [-0.2, 0) is 0 Å². The number of hydrogen-bond acceptors (Lipinski definition) is 4. The summed E-state index contributed by atoms with van der Waals surface area (Å²) in [5, 5.41) is 11.8. The number of hydrogen-bond donors (Lipinski definition) is 0. The Labute approximate surface area is 314 Å². The third-order valence-corrected chi connectivity index (χ3v) is 9.78. The van der Waals surface area contributed by atoms with Gasteiger partial charge in [-0.25, -0.2) is 15.0 Å². The maximum atomic E-state index is 9.34. The Hall–Kier alpha value is -7.48. The van der Waals surface area contributed by atoms with Gasteiger partial charge in [0, 0.05) is 16.7 Å². The van der Waals surface area contributed by atoms with Crippen molar-refractivity contribution in [1.82, 2.24) is 15.0 Å². The number of aromatic nitrogens is 3. The van der Waals surface area contributed by atoms with E-state index in [1.54, 1.807) is 0 Å². The maximum Gasteiger partial charge on any atom is 0.164 e. The lowest BCUT2D eigenvalue weighted by atomic mass is 9.94. The first-order valence-electron chi connectivity index (χ1n) is 17.9. The van der Waals surface area contributed by atoms with Crippen LogP contribution in [0.15, 0.2) is 194 Å². The van der Waals surface area contributed by atoms with Gasteiger partial charge in [-0.15, -0.1) is 0 Å². The highest BCUT2D eigenvalue weighted by Crippen LogP contribution is 2.37. The van der Waals surface area contributed by atoms with E-state index in [0.29, 0.717) is 23.0 Å². The highest BCUT2D eigenvalue weighted by Gasteiger charge is 2.18. The zero-order chi connectivity index (χ0) is 36.3. The first-order chi connectivity index (χ1) is 26.7. The summed E-state index contributed by atoms with van der Waals surface area (Å²) in [5.41, 5.74) is 11.9. The van der Waals surface area contributed by atoms with Crippen molar-refractivity contribution < 1.29 is 0 Å². The number of nitriles is 1. The Bertz CT molecular complexity index is 2800. The van der Waals surface area contributed by atoms with E-state index in [-0.39, 0.29) is 0 Å². The van der Waals surface area contributed by atoms with E-state index >= 15 is 0 Å². The van der Waals surface area contributed by atoms with Gasteiger partial charge in [-0.2, -0.15) is 5.26 Å². The van der Waals surface area contributed by atoms with E-state index < -0.39 is 0 Å². The Balaban J connectivity index is 1.21. The third kappa shape index (κ3) is 6.54. The molecule has 1 aromatic heterocycles. The Morgan fingerprint density at radius 2 is 0.778 bits per heavy atom. The molecule has 4 nitrogen and oxygen atoms in total. The van der Waals surface area contributed by atoms with Crippen molar-refractivity contribution in [2.45, 2.75) is 0 Å². The highest BCUT2D eigenvalue weighted by atomic mass is 15.0. The van der Waals surface area contributed by atoms with Gasteiger partial charge in [-0.3, -0.25) is 0 Å². The largest absolute Gasteiger partial charge is 0.208 e. The van der Waals surface area contributed by atoms with Gasteiger partial charge in [0.2, 0.25) is 0 Å². The van der Waals surface area contributed by atoms with Gasteiger partial charge in [-0.1, -0.05) is 164 Å². The summed E-state index contributed by atoms with van der Waals surface area (Å²) < 4.78 is 0. The monoisotopic (exact) mass is 688 g/mol. The predicted octanol–water partition coefficient (Wildman–Crippen LogP) is 12.6. The Morgan fingerprint density at radius 3 is 1.50 bits per heavy atom. The molecule has 0 unspecified atom stereocenters. The van der Waals surface area contributed by atoms with Crippen LogP contribution in [0.3, 0.4) is 0 Å². The van der Waals surface area contributed by atoms with Crippen LogP contribution >= 0.6 is 0 Å². The quantitative estimate of drug-likeness (QED) is 0.167. The van der Waals surface area contributed by atoms with Gasteiger partial charge in [0.25, 0.3) is 0 Å². The van der Waals surface area contributed by atoms with Crippen molar-refractivity contribution >= 4 is 10.8 Å². The minimum absolute atomic E-state index is 0.577. The topological polar surface area (TPSA) is 62.5 Å². The molecule has 4 heteroatoms. The van der Waals surface area contributed by atoms with Gasteiger partial charge < -0.3 is 0 Å². The van der Waals surface area contributed by atoms with Crippen LogP contribution in [0.25, 0.3) is 89.4 Å². The van der Waals surface area contributed by atoms with Gasteiger partial charge in [0.05, 0.1) is 11.6 Å². The van der Waals surface area contributed by atoms with E-state index in [1.165, 1.54) is 10.8 Å². The molecule has 54 heavy (non-hydrogen) atoms. The lowest BCUT2D eigenvalue weighted by molar-refractivity contribution is 1.07. The number of rotatable bonds is 7. The zero-order valence-electron chi connectivity index (χ0n) is 29.3. The molecule has 0 aliphatic heterocycles. The molecule has 0 fully saturated rings.